The van der Waals surface area contributed by atoms with Crippen molar-refractivity contribution in [3.8, 4) is 0 Å². The molecule has 0 heterocycles. The predicted octanol–water partition coefficient (Wildman–Crippen LogP) is 2.12. The largest absolute Gasteiger partial charge is 0.383 e. The molecule has 1 rings (SSSR count). The van der Waals surface area contributed by atoms with E-state index in [4.69, 9.17) is 4.74 Å². The van der Waals surface area contributed by atoms with Gasteiger partial charge < -0.3 is 10.1 Å². The highest BCUT2D eigenvalue weighted by atomic mass is 16.5. The second kappa shape index (κ2) is 5.78. The van der Waals surface area contributed by atoms with Crippen LogP contribution in [0.4, 0.5) is 0 Å². The smallest absolute Gasteiger partial charge is 0.0613 e. The van der Waals surface area contributed by atoms with Gasteiger partial charge in [-0.25, -0.2) is 0 Å². The van der Waals surface area contributed by atoms with E-state index in [-0.39, 0.29) is 0 Å². The van der Waals surface area contributed by atoms with E-state index in [2.05, 4.69) is 43.4 Å². The highest BCUT2D eigenvalue weighted by Crippen LogP contribution is 2.06. The lowest BCUT2D eigenvalue weighted by molar-refractivity contribution is 0.171. The zero-order chi connectivity index (χ0) is 10.4. The third-order valence-electron chi connectivity index (χ3n) is 2.32. The molecule has 0 aliphatic heterocycles. The van der Waals surface area contributed by atoms with Crippen LogP contribution in [-0.2, 0) is 11.3 Å². The molecule has 0 radical (unpaired) electrons. The maximum Gasteiger partial charge on any atom is 0.0613 e. The molecular weight excluding hydrogens is 174 g/mol. The Kier molecular flexibility index (Phi) is 4.63. The van der Waals surface area contributed by atoms with Crippen molar-refractivity contribution in [2.45, 2.75) is 26.4 Å². The Morgan fingerprint density at radius 1 is 1.36 bits per heavy atom. The van der Waals surface area contributed by atoms with Crippen LogP contribution in [0.25, 0.3) is 0 Å². The fourth-order valence-electron chi connectivity index (χ4n) is 1.40. The molecule has 0 aliphatic carbocycles. The maximum absolute atomic E-state index is 5.06. The monoisotopic (exact) mass is 193 g/mol. The number of rotatable bonds is 5. The van der Waals surface area contributed by atoms with Crippen LogP contribution in [0.1, 0.15) is 18.1 Å². The van der Waals surface area contributed by atoms with Gasteiger partial charge in [-0.15, -0.1) is 0 Å². The average Bonchev–Trinajstić information content (AvgIpc) is 2.17. The van der Waals surface area contributed by atoms with Crippen LogP contribution in [0, 0.1) is 6.92 Å². The summed E-state index contributed by atoms with van der Waals surface area (Å²) < 4.78 is 5.06. The number of nitrogens with one attached hydrogen (secondary N) is 1. The zero-order valence-corrected chi connectivity index (χ0v) is 9.21. The van der Waals surface area contributed by atoms with Gasteiger partial charge in [0, 0.05) is 19.7 Å². The van der Waals surface area contributed by atoms with Crippen LogP contribution >= 0.6 is 0 Å². The van der Waals surface area contributed by atoms with E-state index in [1.807, 2.05) is 0 Å². The number of hydrogen-bond donors (Lipinski definition) is 1. The molecule has 0 unspecified atom stereocenters. The van der Waals surface area contributed by atoms with Crippen LogP contribution in [0.15, 0.2) is 24.3 Å². The lowest BCUT2D eigenvalue weighted by Gasteiger charge is -2.13. The van der Waals surface area contributed by atoms with Crippen LogP contribution in [-0.4, -0.2) is 19.8 Å². The van der Waals surface area contributed by atoms with E-state index in [1.54, 1.807) is 7.11 Å². The summed E-state index contributed by atoms with van der Waals surface area (Å²) in [7, 11) is 1.73. The SMILES string of the molecule is COC[C@H](C)NCc1ccccc1C. The van der Waals surface area contributed by atoms with Crippen molar-refractivity contribution in [2.75, 3.05) is 13.7 Å². The molecule has 0 saturated carbocycles. The minimum absolute atomic E-state index is 0.402. The molecule has 0 fully saturated rings. The first-order valence-electron chi connectivity index (χ1n) is 5.01. The molecule has 0 aliphatic rings. The molecule has 1 aromatic carbocycles. The maximum atomic E-state index is 5.06. The summed E-state index contributed by atoms with van der Waals surface area (Å²) in [6.45, 7) is 5.93. The summed E-state index contributed by atoms with van der Waals surface area (Å²) in [6.07, 6.45) is 0. The molecule has 0 spiro atoms. The van der Waals surface area contributed by atoms with Gasteiger partial charge in [0.15, 0.2) is 0 Å². The first kappa shape index (κ1) is 11.2. The first-order valence-corrected chi connectivity index (χ1v) is 5.01. The Balaban J connectivity index is 2.41. The van der Waals surface area contributed by atoms with Crippen LogP contribution in [0.3, 0.4) is 0 Å². The van der Waals surface area contributed by atoms with Crippen molar-refractivity contribution in [1.82, 2.24) is 5.32 Å². The molecular formula is C12H19NO. The third-order valence-corrected chi connectivity index (χ3v) is 2.32. The Bertz CT molecular complexity index is 273. The summed E-state index contributed by atoms with van der Waals surface area (Å²) in [4.78, 5) is 0. The molecule has 0 saturated heterocycles. The fraction of sp³-hybridized carbons (Fsp3) is 0.500. The zero-order valence-electron chi connectivity index (χ0n) is 9.21. The highest BCUT2D eigenvalue weighted by molar-refractivity contribution is 5.25. The first-order chi connectivity index (χ1) is 6.74. The highest BCUT2D eigenvalue weighted by Gasteiger charge is 2.01. The molecule has 1 N–H and O–H groups in total. The number of benzene rings is 1. The lowest BCUT2D eigenvalue weighted by atomic mass is 10.1. The van der Waals surface area contributed by atoms with E-state index in [1.165, 1.54) is 11.1 Å². The summed E-state index contributed by atoms with van der Waals surface area (Å²) in [6, 6.07) is 8.84. The minimum atomic E-state index is 0.402. The predicted molar refractivity (Wildman–Crippen MR) is 59.4 cm³/mol. The van der Waals surface area contributed by atoms with E-state index in [9.17, 15) is 0 Å². The van der Waals surface area contributed by atoms with Crippen LogP contribution in [0.5, 0.6) is 0 Å². The van der Waals surface area contributed by atoms with Gasteiger partial charge >= 0.3 is 0 Å². The van der Waals surface area contributed by atoms with Gasteiger partial charge in [0.2, 0.25) is 0 Å². The number of hydrogen-bond acceptors (Lipinski definition) is 2. The van der Waals surface area contributed by atoms with Gasteiger partial charge in [-0.2, -0.15) is 0 Å². The molecule has 2 nitrogen and oxygen atoms in total. The Labute approximate surface area is 86.3 Å². The number of ether oxygens (including phenoxy) is 1. The quantitative estimate of drug-likeness (QED) is 0.773. The van der Waals surface area contributed by atoms with Crippen molar-refractivity contribution in [3.05, 3.63) is 35.4 Å². The average molecular weight is 193 g/mol. The molecule has 0 amide bonds. The molecule has 0 aromatic heterocycles. The Morgan fingerprint density at radius 3 is 2.71 bits per heavy atom. The third kappa shape index (κ3) is 3.48. The topological polar surface area (TPSA) is 21.3 Å². The number of aryl methyl sites for hydroxylation is 1. The van der Waals surface area contributed by atoms with Gasteiger partial charge in [0.1, 0.15) is 0 Å². The van der Waals surface area contributed by atoms with E-state index in [0.29, 0.717) is 6.04 Å². The second-order valence-corrected chi connectivity index (χ2v) is 3.66. The van der Waals surface area contributed by atoms with Crippen molar-refractivity contribution < 1.29 is 4.74 Å². The Hall–Kier alpha value is -0.860. The second-order valence-electron chi connectivity index (χ2n) is 3.66. The van der Waals surface area contributed by atoms with Crippen molar-refractivity contribution in [2.24, 2.45) is 0 Å². The summed E-state index contributed by atoms with van der Waals surface area (Å²) in [5.74, 6) is 0. The molecule has 14 heavy (non-hydrogen) atoms. The van der Waals surface area contributed by atoms with Crippen molar-refractivity contribution in [1.29, 1.82) is 0 Å². The standard InChI is InChI=1S/C12H19NO/c1-10-6-4-5-7-12(10)8-13-11(2)9-14-3/h4-7,11,13H,8-9H2,1-3H3/t11-/m0/s1. The summed E-state index contributed by atoms with van der Waals surface area (Å²) >= 11 is 0. The van der Waals surface area contributed by atoms with Gasteiger partial charge in [-0.3, -0.25) is 0 Å². The molecule has 1 aromatic rings. The van der Waals surface area contributed by atoms with Crippen LogP contribution < -0.4 is 5.32 Å². The van der Waals surface area contributed by atoms with Gasteiger partial charge in [-0.05, 0) is 25.0 Å². The minimum Gasteiger partial charge on any atom is -0.383 e. The van der Waals surface area contributed by atoms with E-state index < -0.39 is 0 Å². The van der Waals surface area contributed by atoms with Crippen molar-refractivity contribution >= 4 is 0 Å². The van der Waals surface area contributed by atoms with Gasteiger partial charge in [0.05, 0.1) is 6.61 Å². The summed E-state index contributed by atoms with van der Waals surface area (Å²) in [5, 5.41) is 3.42. The Morgan fingerprint density at radius 2 is 2.07 bits per heavy atom. The number of methoxy groups -OCH3 is 1. The molecule has 2 heteroatoms. The van der Waals surface area contributed by atoms with E-state index in [0.717, 1.165) is 13.2 Å². The van der Waals surface area contributed by atoms with E-state index >= 15 is 0 Å². The molecule has 0 bridgehead atoms. The molecule has 1 atom stereocenters. The lowest BCUT2D eigenvalue weighted by Crippen LogP contribution is -2.29. The molecule has 78 valence electrons. The normalized spacial score (nSPS) is 12.8. The van der Waals surface area contributed by atoms with Gasteiger partial charge in [-0.1, -0.05) is 24.3 Å². The van der Waals surface area contributed by atoms with Crippen molar-refractivity contribution in [3.63, 3.8) is 0 Å². The van der Waals surface area contributed by atoms with Crippen LogP contribution in [0.2, 0.25) is 0 Å². The van der Waals surface area contributed by atoms with Gasteiger partial charge in [0.25, 0.3) is 0 Å². The fourth-order valence-corrected chi connectivity index (χ4v) is 1.40. The summed E-state index contributed by atoms with van der Waals surface area (Å²) in [5.41, 5.74) is 2.69.